The van der Waals surface area contributed by atoms with E-state index in [-0.39, 0.29) is 11.6 Å². The third kappa shape index (κ3) is 4.60. The maximum atomic E-state index is 12.9. The van der Waals surface area contributed by atoms with Crippen LogP contribution in [0.3, 0.4) is 0 Å². The molecule has 4 nitrogen and oxygen atoms in total. The number of methoxy groups -OCH3 is 1. The molecule has 0 unspecified atom stereocenters. The summed E-state index contributed by atoms with van der Waals surface area (Å²) >= 11 is 1.18. The molecule has 2 aromatic carbocycles. The molecule has 1 N–H and O–H groups in total. The van der Waals surface area contributed by atoms with Crippen LogP contribution >= 0.6 is 11.8 Å². The first-order chi connectivity index (χ1) is 10.6. The van der Waals surface area contributed by atoms with Gasteiger partial charge in [-0.25, -0.2) is 4.39 Å². The van der Waals surface area contributed by atoms with Crippen LogP contribution < -0.4 is 10.2 Å². The summed E-state index contributed by atoms with van der Waals surface area (Å²) in [7, 11) is 1.59. The van der Waals surface area contributed by atoms with Crippen molar-refractivity contribution in [2.24, 2.45) is 5.10 Å². The summed E-state index contributed by atoms with van der Waals surface area (Å²) in [4.78, 5) is 12.4. The lowest BCUT2D eigenvalue weighted by molar-refractivity contribution is -0.110. The Kier molecular flexibility index (Phi) is 5.55. The van der Waals surface area contributed by atoms with Gasteiger partial charge in [-0.3, -0.25) is 10.2 Å². The standard InChI is InChI=1S/C16H15FN2O2S/c1-11(20)16(22-15-9-3-12(17)4-10-15)19-18-13-5-7-14(21-2)8-6-13/h3-10,18H,1-2H3/b19-16+. The summed E-state index contributed by atoms with van der Waals surface area (Å²) in [5, 5.41) is 4.41. The largest absolute Gasteiger partial charge is 0.497 e. The second-order valence-electron chi connectivity index (χ2n) is 4.37. The minimum atomic E-state index is -0.318. The number of anilines is 1. The monoisotopic (exact) mass is 318 g/mol. The quantitative estimate of drug-likeness (QED) is 0.393. The second kappa shape index (κ2) is 7.61. The van der Waals surface area contributed by atoms with E-state index in [9.17, 15) is 9.18 Å². The molecule has 0 aliphatic carbocycles. The van der Waals surface area contributed by atoms with E-state index in [4.69, 9.17) is 4.74 Å². The van der Waals surface area contributed by atoms with Gasteiger partial charge in [0.2, 0.25) is 0 Å². The Balaban J connectivity index is 2.09. The molecule has 0 saturated carbocycles. The topological polar surface area (TPSA) is 50.7 Å². The van der Waals surface area contributed by atoms with Crippen LogP contribution in [0.4, 0.5) is 10.1 Å². The van der Waals surface area contributed by atoms with Gasteiger partial charge in [-0.1, -0.05) is 11.8 Å². The Labute approximate surface area is 132 Å². The zero-order chi connectivity index (χ0) is 15.9. The number of hydrogen-bond donors (Lipinski definition) is 1. The smallest absolute Gasteiger partial charge is 0.186 e. The maximum absolute atomic E-state index is 12.9. The highest BCUT2D eigenvalue weighted by molar-refractivity contribution is 8.15. The molecular formula is C16H15FN2O2S. The normalized spacial score (nSPS) is 11.1. The zero-order valence-electron chi connectivity index (χ0n) is 12.2. The molecule has 0 radical (unpaired) electrons. The van der Waals surface area contributed by atoms with Crippen LogP contribution in [0.25, 0.3) is 0 Å². The Morgan fingerprint density at radius 3 is 2.32 bits per heavy atom. The number of hydrogen-bond acceptors (Lipinski definition) is 5. The highest BCUT2D eigenvalue weighted by Crippen LogP contribution is 2.21. The number of rotatable bonds is 5. The van der Waals surface area contributed by atoms with Gasteiger partial charge in [0.05, 0.1) is 12.8 Å². The lowest BCUT2D eigenvalue weighted by Gasteiger charge is -2.06. The zero-order valence-corrected chi connectivity index (χ0v) is 13.0. The summed E-state index contributed by atoms with van der Waals surface area (Å²) < 4.78 is 18.0. The Morgan fingerprint density at radius 1 is 1.14 bits per heavy atom. The van der Waals surface area contributed by atoms with Crippen molar-refractivity contribution in [2.75, 3.05) is 12.5 Å². The fraction of sp³-hybridized carbons (Fsp3) is 0.125. The molecule has 0 aromatic heterocycles. The van der Waals surface area contributed by atoms with Crippen LogP contribution in [0.5, 0.6) is 5.75 Å². The number of nitrogens with one attached hydrogen (secondary N) is 1. The van der Waals surface area contributed by atoms with E-state index >= 15 is 0 Å². The SMILES string of the molecule is COc1ccc(N/N=C(/Sc2ccc(F)cc2)C(C)=O)cc1. The third-order valence-corrected chi connectivity index (χ3v) is 3.79. The molecule has 2 aromatic rings. The van der Waals surface area contributed by atoms with Gasteiger partial charge in [-0.15, -0.1) is 0 Å². The number of carbonyl (C=O) groups excluding carboxylic acids is 1. The number of nitrogens with zero attached hydrogens (tertiary/aromatic N) is 1. The van der Waals surface area contributed by atoms with Gasteiger partial charge < -0.3 is 4.74 Å². The van der Waals surface area contributed by atoms with E-state index in [1.807, 2.05) is 0 Å². The Morgan fingerprint density at radius 2 is 1.77 bits per heavy atom. The van der Waals surface area contributed by atoms with Crippen molar-refractivity contribution in [3.05, 3.63) is 54.3 Å². The molecule has 0 saturated heterocycles. The molecule has 114 valence electrons. The fourth-order valence-electron chi connectivity index (χ4n) is 1.57. The highest BCUT2D eigenvalue weighted by atomic mass is 32.2. The summed E-state index contributed by atoms with van der Waals surface area (Å²) in [6.07, 6.45) is 0. The third-order valence-electron chi connectivity index (χ3n) is 2.71. The van der Waals surface area contributed by atoms with Gasteiger partial charge >= 0.3 is 0 Å². The number of halogens is 1. The van der Waals surface area contributed by atoms with Crippen LogP contribution in [-0.4, -0.2) is 17.9 Å². The van der Waals surface area contributed by atoms with Gasteiger partial charge in [0, 0.05) is 11.8 Å². The molecule has 0 aliphatic heterocycles. The summed E-state index contributed by atoms with van der Waals surface area (Å²) in [6, 6.07) is 13.1. The predicted molar refractivity (Wildman–Crippen MR) is 87.0 cm³/mol. The van der Waals surface area contributed by atoms with Crippen molar-refractivity contribution in [3.63, 3.8) is 0 Å². The molecule has 22 heavy (non-hydrogen) atoms. The van der Waals surface area contributed by atoms with E-state index in [0.717, 1.165) is 16.3 Å². The van der Waals surface area contributed by atoms with E-state index < -0.39 is 0 Å². The number of benzene rings is 2. The van der Waals surface area contributed by atoms with Gasteiger partial charge in [0.15, 0.2) is 10.8 Å². The van der Waals surface area contributed by atoms with Gasteiger partial charge in [-0.05, 0) is 48.5 Å². The highest BCUT2D eigenvalue weighted by Gasteiger charge is 2.09. The van der Waals surface area contributed by atoms with Crippen molar-refractivity contribution in [2.45, 2.75) is 11.8 Å². The first-order valence-electron chi connectivity index (χ1n) is 6.50. The number of thioether (sulfide) groups is 1. The number of ether oxygens (including phenoxy) is 1. The van der Waals surface area contributed by atoms with Gasteiger partial charge in [0.25, 0.3) is 0 Å². The summed E-state index contributed by atoms with van der Waals surface area (Å²) in [6.45, 7) is 1.44. The first kappa shape index (κ1) is 16.0. The molecule has 0 fully saturated rings. The van der Waals surface area contributed by atoms with Crippen LogP contribution in [0.15, 0.2) is 58.5 Å². The summed E-state index contributed by atoms with van der Waals surface area (Å²) in [5.74, 6) is 0.249. The van der Waals surface area contributed by atoms with Crippen LogP contribution in [0, 0.1) is 5.82 Å². The second-order valence-corrected chi connectivity index (χ2v) is 5.43. The van der Waals surface area contributed by atoms with Crippen LogP contribution in [0.2, 0.25) is 0 Å². The average molecular weight is 318 g/mol. The number of carbonyl (C=O) groups is 1. The van der Waals surface area contributed by atoms with Crippen molar-refractivity contribution < 1.29 is 13.9 Å². The van der Waals surface area contributed by atoms with Crippen molar-refractivity contribution >= 4 is 28.3 Å². The molecule has 6 heteroatoms. The van der Waals surface area contributed by atoms with Crippen LogP contribution in [-0.2, 0) is 4.79 Å². The maximum Gasteiger partial charge on any atom is 0.186 e. The number of Topliss-reactive ketones (excluding diaryl/α,β-unsaturated/α-hetero) is 1. The van der Waals surface area contributed by atoms with E-state index in [2.05, 4.69) is 10.5 Å². The number of hydrazone groups is 1. The minimum absolute atomic E-state index is 0.171. The van der Waals surface area contributed by atoms with Crippen molar-refractivity contribution in [1.82, 2.24) is 0 Å². The Bertz CT molecular complexity index is 670. The molecule has 2 rings (SSSR count). The van der Waals surface area contributed by atoms with Gasteiger partial charge in [-0.2, -0.15) is 5.10 Å². The molecule has 0 bridgehead atoms. The number of ketones is 1. The Hall–Kier alpha value is -2.34. The fourth-order valence-corrected chi connectivity index (χ4v) is 2.30. The molecule has 0 amide bonds. The van der Waals surface area contributed by atoms with Crippen molar-refractivity contribution in [1.29, 1.82) is 0 Å². The van der Waals surface area contributed by atoms with Crippen LogP contribution in [0.1, 0.15) is 6.92 Å². The van der Waals surface area contributed by atoms with Gasteiger partial charge in [0.1, 0.15) is 11.6 Å². The van der Waals surface area contributed by atoms with E-state index in [0.29, 0.717) is 5.04 Å². The first-order valence-corrected chi connectivity index (χ1v) is 7.32. The minimum Gasteiger partial charge on any atom is -0.497 e. The molecule has 0 atom stereocenters. The molecule has 0 aliphatic rings. The lowest BCUT2D eigenvalue weighted by atomic mass is 10.3. The van der Waals surface area contributed by atoms with E-state index in [1.165, 1.54) is 30.8 Å². The summed E-state index contributed by atoms with van der Waals surface area (Å²) in [5.41, 5.74) is 3.56. The molecule has 0 spiro atoms. The molecular weight excluding hydrogens is 303 g/mol. The van der Waals surface area contributed by atoms with E-state index in [1.54, 1.807) is 43.5 Å². The lowest BCUT2D eigenvalue weighted by Crippen LogP contribution is -2.08. The van der Waals surface area contributed by atoms with Crippen molar-refractivity contribution in [3.8, 4) is 5.75 Å². The molecule has 0 heterocycles. The average Bonchev–Trinajstić information content (AvgIpc) is 2.53. The predicted octanol–water partition coefficient (Wildman–Crippen LogP) is 3.94.